The third-order valence-electron chi connectivity index (χ3n) is 4.89. The quantitative estimate of drug-likeness (QED) is 0.611. The van der Waals surface area contributed by atoms with Crippen LogP contribution in [0.2, 0.25) is 0 Å². The molecule has 0 unspecified atom stereocenters. The summed E-state index contributed by atoms with van der Waals surface area (Å²) in [5.74, 6) is 1.95. The van der Waals surface area contributed by atoms with Gasteiger partial charge in [-0.05, 0) is 60.7 Å². The molecule has 0 amide bonds. The molecular formula is C21H26N2O3. The first kappa shape index (κ1) is 18.4. The van der Waals surface area contributed by atoms with Crippen LogP contribution in [0.1, 0.15) is 24.8 Å². The van der Waals surface area contributed by atoms with Crippen molar-refractivity contribution in [3.05, 3.63) is 42.1 Å². The molecule has 1 fully saturated rings. The number of hydrogen-bond donors (Lipinski definition) is 1. The van der Waals surface area contributed by atoms with Crippen LogP contribution < -0.4 is 9.64 Å². The summed E-state index contributed by atoms with van der Waals surface area (Å²) >= 11 is 0. The molecule has 0 saturated carbocycles. The van der Waals surface area contributed by atoms with E-state index in [1.54, 1.807) is 0 Å². The highest BCUT2D eigenvalue weighted by atomic mass is 16.5. The van der Waals surface area contributed by atoms with Gasteiger partial charge in [0.05, 0.1) is 6.61 Å². The van der Waals surface area contributed by atoms with Gasteiger partial charge in [0.25, 0.3) is 0 Å². The Morgan fingerprint density at radius 2 is 2.08 bits per heavy atom. The molecule has 0 aliphatic carbocycles. The molecule has 1 aliphatic rings. The lowest BCUT2D eigenvalue weighted by molar-refractivity contribution is -0.111. The number of carbonyl (C=O) groups excluding carboxylic acids is 1. The molecule has 26 heavy (non-hydrogen) atoms. The maximum Gasteiger partial charge on any atom is 0.129 e. The van der Waals surface area contributed by atoms with Crippen LogP contribution in [-0.2, 0) is 4.79 Å². The Balaban J connectivity index is 1.79. The number of aromatic nitrogens is 1. The van der Waals surface area contributed by atoms with Crippen molar-refractivity contribution in [1.29, 1.82) is 0 Å². The van der Waals surface area contributed by atoms with Gasteiger partial charge in [0, 0.05) is 38.2 Å². The Morgan fingerprint density at radius 1 is 1.27 bits per heavy atom. The van der Waals surface area contributed by atoms with Gasteiger partial charge in [0.15, 0.2) is 0 Å². The number of piperidine rings is 1. The van der Waals surface area contributed by atoms with E-state index in [0.29, 0.717) is 13.0 Å². The monoisotopic (exact) mass is 354 g/mol. The van der Waals surface area contributed by atoms with Crippen molar-refractivity contribution in [3.8, 4) is 16.9 Å². The molecule has 5 nitrogen and oxygen atoms in total. The van der Waals surface area contributed by atoms with Crippen LogP contribution in [-0.4, -0.2) is 42.7 Å². The van der Waals surface area contributed by atoms with Gasteiger partial charge < -0.3 is 19.5 Å². The fourth-order valence-corrected chi connectivity index (χ4v) is 3.28. The van der Waals surface area contributed by atoms with Crippen LogP contribution in [0.15, 0.2) is 36.5 Å². The fourth-order valence-electron chi connectivity index (χ4n) is 3.28. The van der Waals surface area contributed by atoms with Gasteiger partial charge in [-0.15, -0.1) is 0 Å². The van der Waals surface area contributed by atoms with E-state index >= 15 is 0 Å². The summed E-state index contributed by atoms with van der Waals surface area (Å²) < 4.78 is 5.72. The minimum absolute atomic E-state index is 0.132. The van der Waals surface area contributed by atoms with Crippen LogP contribution >= 0.6 is 0 Å². The lowest BCUT2D eigenvalue weighted by Crippen LogP contribution is -2.34. The molecule has 1 saturated heterocycles. The normalized spacial score (nSPS) is 15.1. The number of aryl methyl sites for hydroxylation is 1. The number of rotatable bonds is 7. The van der Waals surface area contributed by atoms with E-state index in [0.717, 1.165) is 54.9 Å². The molecule has 2 aromatic rings. The minimum Gasteiger partial charge on any atom is -0.493 e. The molecule has 0 spiro atoms. The first-order valence-electron chi connectivity index (χ1n) is 9.22. The standard InChI is InChI=1S/C21H26N2O3/c1-16-3-4-19(26-12-2-11-24)14-20(16)18-5-8-22-21(13-18)23-9-6-17(15-25)7-10-23/h3-5,8,13-15,17,24H,2,6-7,9-12H2,1H3. The fraction of sp³-hybridized carbons (Fsp3) is 0.429. The minimum atomic E-state index is 0.132. The Hall–Kier alpha value is -2.40. The van der Waals surface area contributed by atoms with Crippen molar-refractivity contribution in [2.24, 2.45) is 5.92 Å². The average Bonchev–Trinajstić information content (AvgIpc) is 2.69. The van der Waals surface area contributed by atoms with Gasteiger partial charge in [0.2, 0.25) is 0 Å². The van der Waals surface area contributed by atoms with Gasteiger partial charge in [-0.1, -0.05) is 6.07 Å². The summed E-state index contributed by atoms with van der Waals surface area (Å²) in [4.78, 5) is 17.7. The second-order valence-electron chi connectivity index (χ2n) is 6.77. The highest BCUT2D eigenvalue weighted by molar-refractivity contribution is 5.71. The van der Waals surface area contributed by atoms with Crippen molar-refractivity contribution < 1.29 is 14.6 Å². The van der Waals surface area contributed by atoms with Crippen LogP contribution in [0.5, 0.6) is 5.75 Å². The number of carbonyl (C=O) groups is 1. The number of benzene rings is 1. The molecule has 2 heterocycles. The van der Waals surface area contributed by atoms with Crippen molar-refractivity contribution in [1.82, 2.24) is 4.98 Å². The van der Waals surface area contributed by atoms with Gasteiger partial charge in [0.1, 0.15) is 17.9 Å². The maximum atomic E-state index is 10.9. The first-order valence-corrected chi connectivity index (χ1v) is 9.22. The zero-order chi connectivity index (χ0) is 18.4. The van der Waals surface area contributed by atoms with Gasteiger partial charge in [-0.25, -0.2) is 4.98 Å². The molecule has 0 atom stereocenters. The summed E-state index contributed by atoms with van der Waals surface area (Å²) in [5, 5.41) is 8.90. The number of aliphatic hydroxyl groups is 1. The zero-order valence-electron chi connectivity index (χ0n) is 15.2. The number of pyridine rings is 1. The predicted molar refractivity (Wildman–Crippen MR) is 103 cm³/mol. The summed E-state index contributed by atoms with van der Waals surface area (Å²) in [6.45, 7) is 4.45. The average molecular weight is 354 g/mol. The molecule has 0 radical (unpaired) electrons. The molecule has 1 aromatic carbocycles. The topological polar surface area (TPSA) is 62.7 Å². The summed E-state index contributed by atoms with van der Waals surface area (Å²) in [6.07, 6.45) is 5.33. The van der Waals surface area contributed by atoms with Gasteiger partial charge in [-0.3, -0.25) is 0 Å². The van der Waals surface area contributed by atoms with Gasteiger partial charge in [-0.2, -0.15) is 0 Å². The Bertz CT molecular complexity index is 740. The lowest BCUT2D eigenvalue weighted by atomic mass is 9.98. The third kappa shape index (κ3) is 4.41. The second-order valence-corrected chi connectivity index (χ2v) is 6.77. The zero-order valence-corrected chi connectivity index (χ0v) is 15.2. The second kappa shape index (κ2) is 8.81. The van der Waals surface area contributed by atoms with Crippen LogP contribution in [0.4, 0.5) is 5.82 Å². The highest BCUT2D eigenvalue weighted by Crippen LogP contribution is 2.30. The van der Waals surface area contributed by atoms with E-state index in [1.807, 2.05) is 24.4 Å². The number of anilines is 1. The van der Waals surface area contributed by atoms with Crippen molar-refractivity contribution in [2.75, 3.05) is 31.2 Å². The van der Waals surface area contributed by atoms with Crippen LogP contribution in [0.3, 0.4) is 0 Å². The molecule has 1 aromatic heterocycles. The van der Waals surface area contributed by atoms with E-state index in [4.69, 9.17) is 9.84 Å². The predicted octanol–water partition coefficient (Wildman–Crippen LogP) is 3.23. The molecule has 5 heteroatoms. The summed E-state index contributed by atoms with van der Waals surface area (Å²) in [6, 6.07) is 10.2. The molecular weight excluding hydrogens is 328 g/mol. The summed E-state index contributed by atoms with van der Waals surface area (Å²) in [5.41, 5.74) is 3.41. The molecule has 138 valence electrons. The van der Waals surface area contributed by atoms with E-state index in [1.165, 1.54) is 5.56 Å². The van der Waals surface area contributed by atoms with Crippen molar-refractivity contribution in [2.45, 2.75) is 26.2 Å². The largest absolute Gasteiger partial charge is 0.493 e. The third-order valence-corrected chi connectivity index (χ3v) is 4.89. The van der Waals surface area contributed by atoms with E-state index < -0.39 is 0 Å². The Labute approximate surface area is 154 Å². The smallest absolute Gasteiger partial charge is 0.129 e. The summed E-state index contributed by atoms with van der Waals surface area (Å²) in [7, 11) is 0. The Morgan fingerprint density at radius 3 is 2.81 bits per heavy atom. The van der Waals surface area contributed by atoms with Crippen molar-refractivity contribution >= 4 is 12.1 Å². The number of aliphatic hydroxyl groups excluding tert-OH is 1. The van der Waals surface area contributed by atoms with E-state index in [2.05, 4.69) is 28.9 Å². The SMILES string of the molecule is Cc1ccc(OCCCO)cc1-c1ccnc(N2CCC(C=O)CC2)c1. The number of hydrogen-bond acceptors (Lipinski definition) is 5. The Kier molecular flexibility index (Phi) is 6.23. The molecule has 0 bridgehead atoms. The maximum absolute atomic E-state index is 10.9. The number of aldehydes is 1. The number of ether oxygens (including phenoxy) is 1. The highest BCUT2D eigenvalue weighted by Gasteiger charge is 2.20. The van der Waals surface area contributed by atoms with Crippen LogP contribution in [0.25, 0.3) is 11.1 Å². The first-order chi connectivity index (χ1) is 12.7. The van der Waals surface area contributed by atoms with E-state index in [9.17, 15) is 4.79 Å². The van der Waals surface area contributed by atoms with E-state index in [-0.39, 0.29) is 12.5 Å². The molecule has 1 aliphatic heterocycles. The molecule has 3 rings (SSSR count). The lowest BCUT2D eigenvalue weighted by Gasteiger charge is -2.30. The molecule has 1 N–H and O–H groups in total. The number of nitrogens with zero attached hydrogens (tertiary/aromatic N) is 2. The van der Waals surface area contributed by atoms with Crippen LogP contribution in [0, 0.1) is 12.8 Å². The van der Waals surface area contributed by atoms with Crippen molar-refractivity contribution in [3.63, 3.8) is 0 Å². The van der Waals surface area contributed by atoms with Gasteiger partial charge >= 0.3 is 0 Å².